The van der Waals surface area contributed by atoms with Crippen molar-refractivity contribution in [3.8, 4) is 0 Å². The van der Waals surface area contributed by atoms with Crippen LogP contribution in [0.15, 0.2) is 18.2 Å². The van der Waals surface area contributed by atoms with Crippen LogP contribution in [-0.4, -0.2) is 23.9 Å². The van der Waals surface area contributed by atoms with Gasteiger partial charge in [-0.1, -0.05) is 6.07 Å². The molecule has 142 valence electrons. The smallest absolute Gasteiger partial charge is 0.339 e. The van der Waals surface area contributed by atoms with Crippen molar-refractivity contribution < 1.29 is 23.5 Å². The van der Waals surface area contributed by atoms with Crippen molar-refractivity contribution in [3.05, 3.63) is 51.1 Å². The number of benzene rings is 1. The highest BCUT2D eigenvalue weighted by Gasteiger charge is 2.28. The second-order valence-corrected chi connectivity index (χ2v) is 7.53. The fourth-order valence-electron chi connectivity index (χ4n) is 2.97. The van der Waals surface area contributed by atoms with Crippen molar-refractivity contribution in [3.63, 3.8) is 0 Å². The maximum Gasteiger partial charge on any atom is 0.339 e. The predicted octanol–water partition coefficient (Wildman–Crippen LogP) is 2.97. The fourth-order valence-corrected chi connectivity index (χ4v) is 4.27. The molecule has 0 radical (unpaired) electrons. The molecular formula is C19H19FN2O4S. The average molecular weight is 390 g/mol. The lowest BCUT2D eigenvalue weighted by atomic mass is 10.1. The van der Waals surface area contributed by atoms with Gasteiger partial charge in [-0.3, -0.25) is 9.59 Å². The first-order valence-corrected chi connectivity index (χ1v) is 9.32. The first kappa shape index (κ1) is 19.0. The van der Waals surface area contributed by atoms with Gasteiger partial charge in [-0.25, -0.2) is 9.18 Å². The summed E-state index contributed by atoms with van der Waals surface area (Å²) in [5.41, 5.74) is 7.11. The van der Waals surface area contributed by atoms with E-state index in [2.05, 4.69) is 5.32 Å². The van der Waals surface area contributed by atoms with E-state index in [9.17, 15) is 18.8 Å². The molecule has 2 amide bonds. The number of ether oxygens (including phenoxy) is 1. The quantitative estimate of drug-likeness (QED) is 0.767. The van der Waals surface area contributed by atoms with Gasteiger partial charge in [-0.2, -0.15) is 0 Å². The van der Waals surface area contributed by atoms with E-state index in [-0.39, 0.29) is 5.56 Å². The Hall–Kier alpha value is -2.74. The second-order valence-electron chi connectivity index (χ2n) is 6.43. The third kappa shape index (κ3) is 3.85. The van der Waals surface area contributed by atoms with Crippen LogP contribution < -0.4 is 11.1 Å². The monoisotopic (exact) mass is 390 g/mol. The summed E-state index contributed by atoms with van der Waals surface area (Å²) in [7, 11) is 0. The standard InChI is InChI=1S/C19H19FN2O4S/c1-9-6-7-11(8-13(9)20)19(25)26-10(2)17(24)22-18-15(16(21)23)12-4-3-5-14(12)27-18/h6-8,10H,3-5H2,1-2H3,(H2,21,23)(H,22,24)/t10-/m1/s1. The van der Waals surface area contributed by atoms with Gasteiger partial charge in [0.05, 0.1) is 11.1 Å². The molecule has 3 rings (SSSR count). The van der Waals surface area contributed by atoms with Crippen LogP contribution in [0.5, 0.6) is 0 Å². The molecule has 0 aliphatic heterocycles. The lowest BCUT2D eigenvalue weighted by Gasteiger charge is -2.14. The number of primary amides is 1. The largest absolute Gasteiger partial charge is 0.449 e. The fraction of sp³-hybridized carbons (Fsp3) is 0.316. The Morgan fingerprint density at radius 1 is 1.30 bits per heavy atom. The number of amides is 2. The molecule has 0 saturated heterocycles. The highest BCUT2D eigenvalue weighted by molar-refractivity contribution is 7.17. The third-order valence-electron chi connectivity index (χ3n) is 4.47. The first-order chi connectivity index (χ1) is 12.8. The molecule has 1 aliphatic carbocycles. The van der Waals surface area contributed by atoms with E-state index >= 15 is 0 Å². The number of hydrogen-bond acceptors (Lipinski definition) is 5. The van der Waals surface area contributed by atoms with Crippen LogP contribution in [0.3, 0.4) is 0 Å². The van der Waals surface area contributed by atoms with Gasteiger partial charge in [0, 0.05) is 4.88 Å². The molecule has 1 atom stereocenters. The van der Waals surface area contributed by atoms with Gasteiger partial charge in [0.2, 0.25) is 0 Å². The minimum absolute atomic E-state index is 0.0191. The third-order valence-corrected chi connectivity index (χ3v) is 5.67. The van der Waals surface area contributed by atoms with E-state index in [4.69, 9.17) is 10.5 Å². The summed E-state index contributed by atoms with van der Waals surface area (Å²) < 4.78 is 18.7. The Morgan fingerprint density at radius 2 is 2.04 bits per heavy atom. The zero-order chi connectivity index (χ0) is 19.7. The zero-order valence-corrected chi connectivity index (χ0v) is 15.7. The molecule has 1 aromatic carbocycles. The molecule has 0 saturated carbocycles. The normalized spacial score (nSPS) is 13.7. The van der Waals surface area contributed by atoms with Crippen molar-refractivity contribution in [2.24, 2.45) is 5.73 Å². The summed E-state index contributed by atoms with van der Waals surface area (Å²) in [4.78, 5) is 37.3. The van der Waals surface area contributed by atoms with Crippen LogP contribution >= 0.6 is 11.3 Å². The molecule has 0 fully saturated rings. The van der Waals surface area contributed by atoms with Crippen molar-refractivity contribution in [1.29, 1.82) is 0 Å². The number of carbonyl (C=O) groups is 3. The van der Waals surface area contributed by atoms with Gasteiger partial charge in [-0.05, 0) is 56.4 Å². The van der Waals surface area contributed by atoms with Crippen molar-refractivity contribution in [2.45, 2.75) is 39.2 Å². The van der Waals surface area contributed by atoms with Crippen LogP contribution in [0, 0.1) is 12.7 Å². The molecule has 3 N–H and O–H groups in total. The number of aryl methyl sites for hydroxylation is 2. The maximum atomic E-state index is 13.6. The summed E-state index contributed by atoms with van der Waals surface area (Å²) in [6.07, 6.45) is 1.43. The van der Waals surface area contributed by atoms with E-state index < -0.39 is 29.7 Å². The molecule has 2 aromatic rings. The molecule has 0 unspecified atom stereocenters. The van der Waals surface area contributed by atoms with Crippen LogP contribution in [0.25, 0.3) is 0 Å². The number of esters is 1. The number of fused-ring (bicyclic) bond motifs is 1. The number of halogens is 1. The molecule has 6 nitrogen and oxygen atoms in total. The number of anilines is 1. The summed E-state index contributed by atoms with van der Waals surface area (Å²) >= 11 is 1.32. The second kappa shape index (κ2) is 7.48. The van der Waals surface area contributed by atoms with Gasteiger partial charge < -0.3 is 15.8 Å². The summed E-state index contributed by atoms with van der Waals surface area (Å²) in [5, 5.41) is 3.00. The van der Waals surface area contributed by atoms with E-state index in [1.54, 1.807) is 6.92 Å². The number of rotatable bonds is 5. The van der Waals surface area contributed by atoms with E-state index in [0.717, 1.165) is 35.8 Å². The van der Waals surface area contributed by atoms with E-state index in [1.807, 2.05) is 0 Å². The molecular weight excluding hydrogens is 371 g/mol. The van der Waals surface area contributed by atoms with Gasteiger partial charge in [0.1, 0.15) is 10.8 Å². The zero-order valence-electron chi connectivity index (χ0n) is 14.9. The van der Waals surface area contributed by atoms with Crippen LogP contribution in [0.4, 0.5) is 9.39 Å². The van der Waals surface area contributed by atoms with Crippen LogP contribution in [0.1, 0.15) is 50.1 Å². The minimum atomic E-state index is -1.13. The Morgan fingerprint density at radius 3 is 2.70 bits per heavy atom. The molecule has 8 heteroatoms. The predicted molar refractivity (Wildman–Crippen MR) is 99.5 cm³/mol. The lowest BCUT2D eigenvalue weighted by Crippen LogP contribution is -2.30. The maximum absolute atomic E-state index is 13.6. The number of nitrogens with one attached hydrogen (secondary N) is 1. The summed E-state index contributed by atoms with van der Waals surface area (Å²) in [6, 6.07) is 3.96. The number of hydrogen-bond donors (Lipinski definition) is 2. The molecule has 1 heterocycles. The Balaban J connectivity index is 1.70. The highest BCUT2D eigenvalue weighted by atomic mass is 32.1. The lowest BCUT2D eigenvalue weighted by molar-refractivity contribution is -0.123. The summed E-state index contributed by atoms with van der Waals surface area (Å²) in [6.45, 7) is 2.98. The average Bonchev–Trinajstić information content (AvgIpc) is 3.17. The summed E-state index contributed by atoms with van der Waals surface area (Å²) in [5.74, 6) is -2.51. The topological polar surface area (TPSA) is 98.5 Å². The highest BCUT2D eigenvalue weighted by Crippen LogP contribution is 2.38. The molecule has 1 aromatic heterocycles. The first-order valence-electron chi connectivity index (χ1n) is 8.50. The molecule has 1 aliphatic rings. The molecule has 27 heavy (non-hydrogen) atoms. The Bertz CT molecular complexity index is 938. The number of thiophene rings is 1. The van der Waals surface area contributed by atoms with Crippen molar-refractivity contribution in [2.75, 3.05) is 5.32 Å². The minimum Gasteiger partial charge on any atom is -0.449 e. The SMILES string of the molecule is Cc1ccc(C(=O)O[C@H](C)C(=O)Nc2sc3c(c2C(N)=O)CCC3)cc1F. The Labute approximate surface area is 159 Å². The molecule has 0 bridgehead atoms. The molecule has 0 spiro atoms. The van der Waals surface area contributed by atoms with Gasteiger partial charge in [0.15, 0.2) is 6.10 Å². The van der Waals surface area contributed by atoms with Crippen molar-refractivity contribution >= 4 is 34.1 Å². The van der Waals surface area contributed by atoms with Crippen LogP contribution in [-0.2, 0) is 22.4 Å². The van der Waals surface area contributed by atoms with E-state index in [1.165, 1.54) is 30.4 Å². The van der Waals surface area contributed by atoms with Gasteiger partial charge >= 0.3 is 5.97 Å². The van der Waals surface area contributed by atoms with Crippen molar-refractivity contribution in [1.82, 2.24) is 0 Å². The number of nitrogens with two attached hydrogens (primary N) is 1. The van der Waals surface area contributed by atoms with Gasteiger partial charge in [0.25, 0.3) is 11.8 Å². The van der Waals surface area contributed by atoms with Gasteiger partial charge in [-0.15, -0.1) is 11.3 Å². The van der Waals surface area contributed by atoms with Crippen LogP contribution in [0.2, 0.25) is 0 Å². The number of carbonyl (C=O) groups excluding carboxylic acids is 3. The Kier molecular flexibility index (Phi) is 5.27. The van der Waals surface area contributed by atoms with E-state index in [0.29, 0.717) is 16.1 Å².